The molecule has 78 valence electrons. The quantitative estimate of drug-likeness (QED) is 0.699. The fourth-order valence-corrected chi connectivity index (χ4v) is 1.13. The number of aromatic nitrogens is 2. The molecule has 0 bridgehead atoms. The van der Waals surface area contributed by atoms with Crippen molar-refractivity contribution in [1.82, 2.24) is 9.97 Å². The number of allylic oxidation sites excluding steroid dienone is 5. The molecule has 1 aromatic rings. The molecule has 0 saturated carbocycles. The summed E-state index contributed by atoms with van der Waals surface area (Å²) in [7, 11) is 0. The summed E-state index contributed by atoms with van der Waals surface area (Å²) in [6.45, 7) is 9.67. The van der Waals surface area contributed by atoms with Gasteiger partial charge >= 0.3 is 0 Å². The van der Waals surface area contributed by atoms with E-state index in [-0.39, 0.29) is 0 Å². The average molecular weight is 200 g/mol. The third-order valence-electron chi connectivity index (χ3n) is 1.97. The second kappa shape index (κ2) is 5.25. The average Bonchev–Trinajstić information content (AvgIpc) is 2.21. The summed E-state index contributed by atoms with van der Waals surface area (Å²) in [6.07, 6.45) is 9.71. The van der Waals surface area contributed by atoms with Crippen molar-refractivity contribution in [1.29, 1.82) is 0 Å². The first-order chi connectivity index (χ1) is 7.13. The van der Waals surface area contributed by atoms with Crippen LogP contribution >= 0.6 is 0 Å². The van der Waals surface area contributed by atoms with Crippen LogP contribution < -0.4 is 0 Å². The van der Waals surface area contributed by atoms with Gasteiger partial charge in [0, 0.05) is 18.0 Å². The van der Waals surface area contributed by atoms with Crippen LogP contribution in [0, 0.1) is 6.92 Å². The number of nitrogens with zero attached hydrogens (tertiary/aromatic N) is 2. The van der Waals surface area contributed by atoms with E-state index in [2.05, 4.69) is 16.5 Å². The Hall–Kier alpha value is -1.70. The Balaban J connectivity index is 2.94. The lowest BCUT2D eigenvalue weighted by Crippen LogP contribution is -1.89. The van der Waals surface area contributed by atoms with Crippen LogP contribution in [0.4, 0.5) is 0 Å². The molecule has 2 heteroatoms. The van der Waals surface area contributed by atoms with Crippen molar-refractivity contribution in [2.24, 2.45) is 0 Å². The van der Waals surface area contributed by atoms with Gasteiger partial charge in [0.05, 0.1) is 0 Å². The molecule has 0 amide bonds. The monoisotopic (exact) mass is 200 g/mol. The summed E-state index contributed by atoms with van der Waals surface area (Å²) in [5.74, 6) is 0.790. The lowest BCUT2D eigenvalue weighted by Gasteiger charge is -2.01. The molecule has 0 fully saturated rings. The molecule has 0 radical (unpaired) electrons. The lowest BCUT2D eigenvalue weighted by molar-refractivity contribution is 1.05. The molecule has 0 saturated heterocycles. The number of hydrogen-bond donors (Lipinski definition) is 0. The van der Waals surface area contributed by atoms with E-state index < -0.39 is 0 Å². The molecule has 1 aromatic heterocycles. The van der Waals surface area contributed by atoms with E-state index >= 15 is 0 Å². The van der Waals surface area contributed by atoms with Crippen LogP contribution in [0.3, 0.4) is 0 Å². The number of hydrogen-bond acceptors (Lipinski definition) is 2. The predicted octanol–water partition coefficient (Wildman–Crippen LogP) is 3.32. The highest BCUT2D eigenvalue weighted by Gasteiger charge is 1.97. The summed E-state index contributed by atoms with van der Waals surface area (Å²) in [6, 6.07) is 0. The van der Waals surface area contributed by atoms with Gasteiger partial charge in [0.2, 0.25) is 0 Å². The molecule has 1 heterocycles. The van der Waals surface area contributed by atoms with Gasteiger partial charge in [0.25, 0.3) is 0 Å². The molecular weight excluding hydrogens is 184 g/mol. The summed E-state index contributed by atoms with van der Waals surface area (Å²) in [4.78, 5) is 8.33. The largest absolute Gasteiger partial charge is 0.241 e. The van der Waals surface area contributed by atoms with Crippen molar-refractivity contribution in [3.8, 4) is 0 Å². The maximum Gasteiger partial charge on any atom is 0.125 e. The molecule has 1 rings (SSSR count). The van der Waals surface area contributed by atoms with Gasteiger partial charge in [-0.05, 0) is 26.3 Å². The standard InChI is InChI=1S/C13H16N2/c1-5-12(7-6-10(2)3)13-8-14-11(4)15-9-13/h5-9H,2H2,1,3-4H3/b7-6-,12-5+. The Bertz CT molecular complexity index is 397. The summed E-state index contributed by atoms with van der Waals surface area (Å²) >= 11 is 0. The molecule has 0 atom stereocenters. The van der Waals surface area contributed by atoms with Crippen LogP contribution in [0.2, 0.25) is 0 Å². The van der Waals surface area contributed by atoms with E-state index in [4.69, 9.17) is 0 Å². The minimum atomic E-state index is 0.790. The van der Waals surface area contributed by atoms with Crippen molar-refractivity contribution in [3.05, 3.63) is 54.2 Å². The Labute approximate surface area is 91.1 Å². The highest BCUT2D eigenvalue weighted by atomic mass is 14.8. The fraction of sp³-hybridized carbons (Fsp3) is 0.231. The third kappa shape index (κ3) is 3.50. The van der Waals surface area contributed by atoms with Gasteiger partial charge in [-0.25, -0.2) is 9.97 Å². The van der Waals surface area contributed by atoms with Gasteiger partial charge in [-0.3, -0.25) is 0 Å². The SMILES string of the molecule is C=C(C)/C=C\C(=C/C)c1cnc(C)nc1. The van der Waals surface area contributed by atoms with Crippen molar-refractivity contribution >= 4 is 5.57 Å². The van der Waals surface area contributed by atoms with Crippen LogP contribution in [-0.2, 0) is 0 Å². The maximum absolute atomic E-state index is 4.17. The highest BCUT2D eigenvalue weighted by Crippen LogP contribution is 2.14. The molecule has 0 aliphatic heterocycles. The fourth-order valence-electron chi connectivity index (χ4n) is 1.13. The normalized spacial score (nSPS) is 12.1. The predicted molar refractivity (Wildman–Crippen MR) is 64.4 cm³/mol. The molecule has 0 unspecified atom stereocenters. The van der Waals surface area contributed by atoms with E-state index in [1.54, 1.807) is 0 Å². The Morgan fingerprint density at radius 2 is 1.87 bits per heavy atom. The number of aryl methyl sites for hydroxylation is 1. The Morgan fingerprint density at radius 3 is 2.33 bits per heavy atom. The van der Waals surface area contributed by atoms with Crippen LogP contribution in [0.15, 0.2) is 42.8 Å². The van der Waals surface area contributed by atoms with Crippen molar-refractivity contribution in [2.45, 2.75) is 20.8 Å². The zero-order valence-electron chi connectivity index (χ0n) is 9.49. The Morgan fingerprint density at radius 1 is 1.27 bits per heavy atom. The molecule has 0 aromatic carbocycles. The van der Waals surface area contributed by atoms with E-state index in [1.165, 1.54) is 0 Å². The first-order valence-corrected chi connectivity index (χ1v) is 4.92. The van der Waals surface area contributed by atoms with E-state index in [0.29, 0.717) is 0 Å². The van der Waals surface area contributed by atoms with Crippen molar-refractivity contribution in [2.75, 3.05) is 0 Å². The minimum Gasteiger partial charge on any atom is -0.241 e. The smallest absolute Gasteiger partial charge is 0.125 e. The highest BCUT2D eigenvalue weighted by molar-refractivity contribution is 5.73. The van der Waals surface area contributed by atoms with Crippen molar-refractivity contribution in [3.63, 3.8) is 0 Å². The lowest BCUT2D eigenvalue weighted by atomic mass is 10.1. The molecule has 0 N–H and O–H groups in total. The zero-order valence-corrected chi connectivity index (χ0v) is 9.49. The molecule has 0 spiro atoms. The second-order valence-electron chi connectivity index (χ2n) is 3.44. The van der Waals surface area contributed by atoms with Gasteiger partial charge in [0.1, 0.15) is 5.82 Å². The topological polar surface area (TPSA) is 25.8 Å². The number of rotatable bonds is 3. The first kappa shape index (κ1) is 11.4. The molecular formula is C13H16N2. The van der Waals surface area contributed by atoms with E-state index in [9.17, 15) is 0 Å². The third-order valence-corrected chi connectivity index (χ3v) is 1.97. The van der Waals surface area contributed by atoms with Gasteiger partial charge in [-0.2, -0.15) is 0 Å². The minimum absolute atomic E-state index is 0.790. The van der Waals surface area contributed by atoms with Crippen LogP contribution in [0.25, 0.3) is 5.57 Å². The van der Waals surface area contributed by atoms with Gasteiger partial charge in [-0.15, -0.1) is 0 Å². The van der Waals surface area contributed by atoms with Crippen molar-refractivity contribution < 1.29 is 0 Å². The van der Waals surface area contributed by atoms with Crippen LogP contribution in [-0.4, -0.2) is 9.97 Å². The summed E-state index contributed by atoms with van der Waals surface area (Å²) in [5.41, 5.74) is 3.17. The van der Waals surface area contributed by atoms with Crippen LogP contribution in [0.1, 0.15) is 25.2 Å². The van der Waals surface area contributed by atoms with Gasteiger partial charge in [-0.1, -0.05) is 30.4 Å². The second-order valence-corrected chi connectivity index (χ2v) is 3.44. The van der Waals surface area contributed by atoms with Gasteiger partial charge < -0.3 is 0 Å². The zero-order chi connectivity index (χ0) is 11.3. The van der Waals surface area contributed by atoms with E-state index in [1.807, 2.05) is 51.4 Å². The molecule has 0 aliphatic carbocycles. The van der Waals surface area contributed by atoms with E-state index in [0.717, 1.165) is 22.5 Å². The molecule has 2 nitrogen and oxygen atoms in total. The molecule has 15 heavy (non-hydrogen) atoms. The first-order valence-electron chi connectivity index (χ1n) is 4.92. The maximum atomic E-state index is 4.17. The van der Waals surface area contributed by atoms with Crippen LogP contribution in [0.5, 0.6) is 0 Å². The summed E-state index contributed by atoms with van der Waals surface area (Å²) in [5, 5.41) is 0. The van der Waals surface area contributed by atoms with Gasteiger partial charge in [0.15, 0.2) is 0 Å². The molecule has 0 aliphatic rings. The Kier molecular flexibility index (Phi) is 3.98. The summed E-state index contributed by atoms with van der Waals surface area (Å²) < 4.78 is 0.